The highest BCUT2D eigenvalue weighted by Gasteiger charge is 2.13. The van der Waals surface area contributed by atoms with Gasteiger partial charge in [0.1, 0.15) is 0 Å². The van der Waals surface area contributed by atoms with Crippen LogP contribution in [0.3, 0.4) is 0 Å². The number of carbonyl (C=O) groups is 2. The van der Waals surface area contributed by atoms with E-state index in [1.807, 2.05) is 30.3 Å². The first-order chi connectivity index (χ1) is 9.72. The van der Waals surface area contributed by atoms with Crippen molar-refractivity contribution in [2.75, 3.05) is 0 Å². The maximum atomic E-state index is 11.6. The van der Waals surface area contributed by atoms with E-state index in [0.29, 0.717) is 0 Å². The zero-order chi connectivity index (χ0) is 13.7. The molecule has 0 saturated carbocycles. The molecule has 2 heteroatoms. The normalized spacial score (nSPS) is 14.0. The van der Waals surface area contributed by atoms with E-state index in [2.05, 4.69) is 18.2 Å². The van der Waals surface area contributed by atoms with Gasteiger partial charge >= 0.3 is 0 Å². The van der Waals surface area contributed by atoms with Crippen LogP contribution in [0.5, 0.6) is 0 Å². The van der Waals surface area contributed by atoms with E-state index in [-0.39, 0.29) is 0 Å². The lowest BCUT2D eigenvalue weighted by atomic mass is 9.97. The Labute approximate surface area is 114 Å². The minimum Gasteiger partial charge on any atom is -0.286 e. The first kappa shape index (κ1) is 11.1. The van der Waals surface area contributed by atoms with Crippen LogP contribution in [0.25, 0.3) is 33.7 Å². The first-order valence-corrected chi connectivity index (χ1v) is 6.46. The van der Waals surface area contributed by atoms with Crippen LogP contribution in [0.15, 0.2) is 48.5 Å². The van der Waals surface area contributed by atoms with Gasteiger partial charge in [-0.05, 0) is 56.3 Å². The molecule has 20 heavy (non-hydrogen) atoms. The monoisotopic (exact) mass is 258 g/mol. The maximum Gasteiger partial charge on any atom is 0.226 e. The predicted octanol–water partition coefficient (Wildman–Crippen LogP) is 1.71. The van der Waals surface area contributed by atoms with E-state index in [1.54, 1.807) is 0 Å². The third-order valence-corrected chi connectivity index (χ3v) is 3.77. The molecule has 2 nitrogen and oxygen atoms in total. The number of fused-ring (bicyclic) bond motifs is 4. The molecule has 1 aliphatic rings. The van der Waals surface area contributed by atoms with Crippen molar-refractivity contribution in [3.63, 3.8) is 0 Å². The molecule has 0 aliphatic heterocycles. The molecule has 0 unspecified atom stereocenters. The summed E-state index contributed by atoms with van der Waals surface area (Å²) in [6.07, 6.45) is 2.88. The molecule has 0 saturated heterocycles. The molecule has 94 valence electrons. The van der Waals surface area contributed by atoms with Crippen molar-refractivity contribution in [1.29, 1.82) is 0 Å². The van der Waals surface area contributed by atoms with E-state index in [1.165, 1.54) is 17.5 Å². The van der Waals surface area contributed by atoms with Gasteiger partial charge in [0.05, 0.1) is 0 Å². The van der Waals surface area contributed by atoms with Crippen LogP contribution in [-0.2, 0) is 9.59 Å². The van der Waals surface area contributed by atoms with Gasteiger partial charge in [-0.2, -0.15) is 0 Å². The topological polar surface area (TPSA) is 34.1 Å². The average molecular weight is 258 g/mol. The Hall–Kier alpha value is -2.74. The summed E-state index contributed by atoms with van der Waals surface area (Å²) in [5.74, 6) is -0.893. The Kier molecular flexibility index (Phi) is 2.15. The van der Waals surface area contributed by atoms with Crippen molar-refractivity contribution in [1.82, 2.24) is 0 Å². The Bertz CT molecular complexity index is 1030. The summed E-state index contributed by atoms with van der Waals surface area (Å²) in [6.45, 7) is 0. The number of hydrogen-bond donors (Lipinski definition) is 0. The second-order valence-electron chi connectivity index (χ2n) is 5.01. The molecule has 0 N–H and O–H groups in total. The molecule has 1 aliphatic carbocycles. The quantitative estimate of drug-likeness (QED) is 0.454. The molecular formula is C18H10O2. The van der Waals surface area contributed by atoms with E-state index in [0.717, 1.165) is 26.6 Å². The highest BCUT2D eigenvalue weighted by molar-refractivity contribution is 6.57. The largest absolute Gasteiger partial charge is 0.286 e. The van der Waals surface area contributed by atoms with Gasteiger partial charge < -0.3 is 0 Å². The fraction of sp³-hybridized carbons (Fsp3) is 0. The van der Waals surface area contributed by atoms with Crippen LogP contribution in [0.4, 0.5) is 0 Å². The third kappa shape index (κ3) is 1.51. The Balaban J connectivity index is 2.25. The maximum absolute atomic E-state index is 11.6. The second-order valence-corrected chi connectivity index (χ2v) is 5.01. The minimum absolute atomic E-state index is 0.446. The lowest BCUT2D eigenvalue weighted by Crippen LogP contribution is -2.33. The van der Waals surface area contributed by atoms with Gasteiger partial charge in [-0.25, -0.2) is 0 Å². The highest BCUT2D eigenvalue weighted by atomic mass is 16.2. The molecule has 4 rings (SSSR count). The van der Waals surface area contributed by atoms with E-state index < -0.39 is 11.6 Å². The van der Waals surface area contributed by atoms with Crippen molar-refractivity contribution in [3.05, 3.63) is 59.0 Å². The van der Waals surface area contributed by atoms with Gasteiger partial charge in [0, 0.05) is 0 Å². The molecule has 3 aromatic carbocycles. The Morgan fingerprint density at radius 1 is 0.650 bits per heavy atom. The van der Waals surface area contributed by atoms with Crippen molar-refractivity contribution in [3.8, 4) is 0 Å². The number of Topliss-reactive ketones (excluding diaryl/α,β-unsaturated/α-hetero) is 2. The summed E-state index contributed by atoms with van der Waals surface area (Å²) in [6, 6.07) is 16.2. The van der Waals surface area contributed by atoms with E-state index in [9.17, 15) is 9.59 Å². The number of rotatable bonds is 0. The number of carbonyl (C=O) groups excluding carboxylic acids is 2. The van der Waals surface area contributed by atoms with Crippen molar-refractivity contribution in [2.24, 2.45) is 0 Å². The number of ketones is 2. The summed E-state index contributed by atoms with van der Waals surface area (Å²) < 4.78 is 0. The van der Waals surface area contributed by atoms with Gasteiger partial charge in [-0.15, -0.1) is 0 Å². The summed E-state index contributed by atoms with van der Waals surface area (Å²) in [4.78, 5) is 23.1. The van der Waals surface area contributed by atoms with Crippen LogP contribution in [0, 0.1) is 0 Å². The number of hydrogen-bond acceptors (Lipinski definition) is 2. The van der Waals surface area contributed by atoms with Crippen LogP contribution in [-0.4, -0.2) is 11.6 Å². The molecule has 0 spiro atoms. The summed E-state index contributed by atoms with van der Waals surface area (Å²) in [5.41, 5.74) is 0. The van der Waals surface area contributed by atoms with Crippen LogP contribution < -0.4 is 10.4 Å². The van der Waals surface area contributed by atoms with Gasteiger partial charge in [0.2, 0.25) is 11.6 Å². The predicted molar refractivity (Wildman–Crippen MR) is 79.6 cm³/mol. The fourth-order valence-corrected chi connectivity index (χ4v) is 2.76. The number of benzene rings is 3. The minimum atomic E-state index is -0.447. The van der Waals surface area contributed by atoms with Crippen LogP contribution >= 0.6 is 0 Å². The lowest BCUT2D eigenvalue weighted by molar-refractivity contribution is -0.129. The molecule has 0 radical (unpaired) electrons. The fourth-order valence-electron chi connectivity index (χ4n) is 2.76. The molecule has 3 aromatic rings. The Morgan fingerprint density at radius 3 is 2.15 bits per heavy atom. The molecule has 0 aromatic heterocycles. The van der Waals surface area contributed by atoms with Gasteiger partial charge in [0.15, 0.2) is 0 Å². The highest BCUT2D eigenvalue weighted by Crippen LogP contribution is 2.20. The zero-order valence-electron chi connectivity index (χ0n) is 10.6. The van der Waals surface area contributed by atoms with Crippen LogP contribution in [0.2, 0.25) is 0 Å². The van der Waals surface area contributed by atoms with Crippen molar-refractivity contribution < 1.29 is 9.59 Å². The average Bonchev–Trinajstić information content (AvgIpc) is 2.47. The van der Waals surface area contributed by atoms with Gasteiger partial charge in [-0.1, -0.05) is 36.4 Å². The van der Waals surface area contributed by atoms with Gasteiger partial charge in [-0.3, -0.25) is 9.59 Å². The SMILES string of the molecule is O=C1C=c2ccc3cc4ccccc4cc3c2=CC1=O. The molecule has 0 atom stereocenters. The summed E-state index contributed by atoms with van der Waals surface area (Å²) in [5, 5.41) is 6.05. The van der Waals surface area contributed by atoms with Crippen molar-refractivity contribution >= 4 is 45.3 Å². The van der Waals surface area contributed by atoms with Gasteiger partial charge in [0.25, 0.3) is 0 Å². The zero-order valence-corrected chi connectivity index (χ0v) is 10.6. The lowest BCUT2D eigenvalue weighted by Gasteiger charge is -2.06. The van der Waals surface area contributed by atoms with Crippen molar-refractivity contribution in [2.45, 2.75) is 0 Å². The van der Waals surface area contributed by atoms with Crippen LogP contribution in [0.1, 0.15) is 0 Å². The summed E-state index contributed by atoms with van der Waals surface area (Å²) >= 11 is 0. The Morgan fingerprint density at radius 2 is 1.35 bits per heavy atom. The summed E-state index contributed by atoms with van der Waals surface area (Å²) in [7, 11) is 0. The molecule has 0 amide bonds. The standard InChI is InChI=1S/C18H10O2/c19-17-9-14-6-5-13-7-11-3-1-2-4-12(11)8-15(13)16(14)10-18(17)20/h1-10H. The third-order valence-electron chi connectivity index (χ3n) is 3.77. The molecule has 0 bridgehead atoms. The molecular weight excluding hydrogens is 248 g/mol. The van der Waals surface area contributed by atoms with E-state index >= 15 is 0 Å². The van der Waals surface area contributed by atoms with E-state index in [4.69, 9.17) is 0 Å². The first-order valence-electron chi connectivity index (χ1n) is 6.46. The molecule has 0 fully saturated rings. The smallest absolute Gasteiger partial charge is 0.226 e. The second kappa shape index (κ2) is 3.87. The molecule has 0 heterocycles.